The van der Waals surface area contributed by atoms with Gasteiger partial charge in [0.2, 0.25) is 0 Å². The number of nitrogens with one attached hydrogen (secondary N) is 1. The largest absolute Gasteiger partial charge is 0.381 e. The Bertz CT molecular complexity index is 639. The van der Waals surface area contributed by atoms with Crippen LogP contribution in [0.15, 0.2) is 41.4 Å². The highest BCUT2D eigenvalue weighted by Crippen LogP contribution is 2.26. The summed E-state index contributed by atoms with van der Waals surface area (Å²) in [5.74, 6) is 1.00. The van der Waals surface area contributed by atoms with Crippen LogP contribution < -0.4 is 5.32 Å². The van der Waals surface area contributed by atoms with E-state index in [4.69, 9.17) is 4.74 Å². The van der Waals surface area contributed by atoms with Gasteiger partial charge in [-0.05, 0) is 44.5 Å². The zero-order valence-electron chi connectivity index (χ0n) is 16.8. The molecule has 1 aromatic rings. The van der Waals surface area contributed by atoms with E-state index in [-0.39, 0.29) is 29.5 Å². The predicted octanol–water partition coefficient (Wildman–Crippen LogP) is 3.08. The fraction of sp³-hybridized carbons (Fsp3) is 0.571. The van der Waals surface area contributed by atoms with E-state index in [0.29, 0.717) is 0 Å². The summed E-state index contributed by atoms with van der Waals surface area (Å²) in [5, 5.41) is 3.64. The SMILES string of the molecule is CN=C(NCC1(N(C)C)CCOCC1)N1CC=C(c2ccccc2)CC1.I. The summed E-state index contributed by atoms with van der Waals surface area (Å²) in [5.41, 5.74) is 2.92. The molecule has 0 spiro atoms. The van der Waals surface area contributed by atoms with Crippen molar-refractivity contribution < 1.29 is 4.74 Å². The molecule has 2 heterocycles. The first kappa shape index (κ1) is 22.2. The van der Waals surface area contributed by atoms with Gasteiger partial charge in [-0.25, -0.2) is 0 Å². The van der Waals surface area contributed by atoms with Crippen molar-refractivity contribution in [1.82, 2.24) is 15.1 Å². The Hall–Kier alpha value is -1.12. The number of rotatable bonds is 4. The minimum atomic E-state index is 0. The van der Waals surface area contributed by atoms with Crippen LogP contribution in [0.2, 0.25) is 0 Å². The van der Waals surface area contributed by atoms with Crippen molar-refractivity contribution in [2.24, 2.45) is 4.99 Å². The molecule has 0 bridgehead atoms. The number of guanidine groups is 1. The van der Waals surface area contributed by atoms with E-state index in [9.17, 15) is 0 Å². The Balaban J connectivity index is 0.00000261. The van der Waals surface area contributed by atoms with Gasteiger partial charge in [0.05, 0.1) is 0 Å². The standard InChI is InChI=1S/C21H32N4O.HI/c1-22-20(23-17-21(24(2)3)11-15-26-16-12-21)25-13-9-19(10-14-25)18-7-5-4-6-8-18;/h4-9H,10-17H2,1-3H3,(H,22,23);1H. The third-order valence-corrected chi connectivity index (χ3v) is 5.81. The molecule has 0 unspecified atom stereocenters. The normalized spacial score (nSPS) is 20.1. The van der Waals surface area contributed by atoms with E-state index < -0.39 is 0 Å². The van der Waals surface area contributed by atoms with E-state index in [0.717, 1.165) is 58.1 Å². The second kappa shape index (κ2) is 10.4. The average molecular weight is 484 g/mol. The molecule has 0 saturated carbocycles. The lowest BCUT2D eigenvalue weighted by atomic mass is 9.88. The summed E-state index contributed by atoms with van der Waals surface area (Å²) in [7, 11) is 6.22. The van der Waals surface area contributed by atoms with Gasteiger partial charge in [0.15, 0.2) is 5.96 Å². The third kappa shape index (κ3) is 5.45. The zero-order valence-corrected chi connectivity index (χ0v) is 19.1. The van der Waals surface area contributed by atoms with Gasteiger partial charge in [-0.3, -0.25) is 4.99 Å². The first-order valence-corrected chi connectivity index (χ1v) is 9.60. The number of hydrogen-bond donors (Lipinski definition) is 1. The molecule has 6 heteroatoms. The predicted molar refractivity (Wildman–Crippen MR) is 124 cm³/mol. The maximum Gasteiger partial charge on any atom is 0.194 e. The molecule has 27 heavy (non-hydrogen) atoms. The maximum absolute atomic E-state index is 5.58. The second-order valence-corrected chi connectivity index (χ2v) is 7.42. The van der Waals surface area contributed by atoms with Crippen LogP contribution in [-0.2, 0) is 4.74 Å². The quantitative estimate of drug-likeness (QED) is 0.405. The van der Waals surface area contributed by atoms with Crippen LogP contribution in [0.5, 0.6) is 0 Å². The molecule has 0 aromatic heterocycles. The number of aliphatic imine (C=N–C) groups is 1. The molecular weight excluding hydrogens is 451 g/mol. The molecule has 3 rings (SSSR count). The van der Waals surface area contributed by atoms with E-state index in [1.165, 1.54) is 11.1 Å². The molecule has 1 N–H and O–H groups in total. The molecule has 0 radical (unpaired) electrons. The number of hydrogen-bond acceptors (Lipinski definition) is 3. The van der Waals surface area contributed by atoms with Crippen molar-refractivity contribution >= 4 is 35.5 Å². The van der Waals surface area contributed by atoms with E-state index >= 15 is 0 Å². The van der Waals surface area contributed by atoms with Gasteiger partial charge < -0.3 is 19.9 Å². The smallest absolute Gasteiger partial charge is 0.194 e. The van der Waals surface area contributed by atoms with Crippen molar-refractivity contribution in [3.05, 3.63) is 42.0 Å². The summed E-state index contributed by atoms with van der Waals surface area (Å²) in [6, 6.07) is 10.7. The van der Waals surface area contributed by atoms with Crippen LogP contribution in [0.25, 0.3) is 5.57 Å². The van der Waals surface area contributed by atoms with E-state index in [2.05, 4.69) is 70.6 Å². The molecule has 1 fully saturated rings. The van der Waals surface area contributed by atoms with Gasteiger partial charge in [0.1, 0.15) is 0 Å². The lowest BCUT2D eigenvalue weighted by molar-refractivity contribution is -0.00523. The topological polar surface area (TPSA) is 40.1 Å². The lowest BCUT2D eigenvalue weighted by Gasteiger charge is -2.43. The molecular formula is C21H33IN4O. The highest BCUT2D eigenvalue weighted by atomic mass is 127. The number of benzene rings is 1. The maximum atomic E-state index is 5.58. The molecule has 150 valence electrons. The van der Waals surface area contributed by atoms with Crippen molar-refractivity contribution in [1.29, 1.82) is 0 Å². The van der Waals surface area contributed by atoms with Crippen LogP contribution in [0.4, 0.5) is 0 Å². The minimum Gasteiger partial charge on any atom is -0.381 e. The molecule has 2 aliphatic heterocycles. The van der Waals surface area contributed by atoms with Crippen LogP contribution >= 0.6 is 24.0 Å². The van der Waals surface area contributed by atoms with Gasteiger partial charge in [-0.2, -0.15) is 0 Å². The van der Waals surface area contributed by atoms with Gasteiger partial charge in [0, 0.05) is 45.4 Å². The Morgan fingerprint density at radius 3 is 2.48 bits per heavy atom. The fourth-order valence-corrected chi connectivity index (χ4v) is 3.89. The second-order valence-electron chi connectivity index (χ2n) is 7.42. The minimum absolute atomic E-state index is 0. The van der Waals surface area contributed by atoms with Gasteiger partial charge in [0.25, 0.3) is 0 Å². The van der Waals surface area contributed by atoms with Crippen molar-refractivity contribution in [3.63, 3.8) is 0 Å². The molecule has 2 aliphatic rings. The van der Waals surface area contributed by atoms with Crippen LogP contribution in [0, 0.1) is 0 Å². The van der Waals surface area contributed by atoms with E-state index in [1.807, 2.05) is 7.05 Å². The Morgan fingerprint density at radius 2 is 1.93 bits per heavy atom. The number of halogens is 1. The van der Waals surface area contributed by atoms with Crippen LogP contribution in [-0.4, -0.2) is 75.3 Å². The zero-order chi connectivity index (χ0) is 18.4. The highest BCUT2D eigenvalue weighted by Gasteiger charge is 2.35. The van der Waals surface area contributed by atoms with Gasteiger partial charge >= 0.3 is 0 Å². The first-order valence-electron chi connectivity index (χ1n) is 9.60. The Morgan fingerprint density at radius 1 is 1.22 bits per heavy atom. The number of likely N-dealkylation sites (N-methyl/N-ethyl adjacent to an activating group) is 1. The molecule has 0 atom stereocenters. The van der Waals surface area contributed by atoms with Crippen LogP contribution in [0.3, 0.4) is 0 Å². The highest BCUT2D eigenvalue weighted by molar-refractivity contribution is 14.0. The molecule has 0 amide bonds. The van der Waals surface area contributed by atoms with Crippen molar-refractivity contribution in [2.75, 3.05) is 54.0 Å². The lowest BCUT2D eigenvalue weighted by Crippen LogP contribution is -2.57. The van der Waals surface area contributed by atoms with Gasteiger partial charge in [-0.15, -0.1) is 24.0 Å². The summed E-state index contributed by atoms with van der Waals surface area (Å²) in [6.45, 7) is 4.49. The summed E-state index contributed by atoms with van der Waals surface area (Å²) in [4.78, 5) is 9.23. The van der Waals surface area contributed by atoms with Crippen molar-refractivity contribution in [3.8, 4) is 0 Å². The van der Waals surface area contributed by atoms with E-state index in [1.54, 1.807) is 0 Å². The van der Waals surface area contributed by atoms with Crippen LogP contribution in [0.1, 0.15) is 24.8 Å². The fourth-order valence-electron chi connectivity index (χ4n) is 3.89. The summed E-state index contributed by atoms with van der Waals surface area (Å²) in [6.07, 6.45) is 5.50. The first-order chi connectivity index (χ1) is 12.6. The molecule has 5 nitrogen and oxygen atoms in total. The molecule has 1 aromatic carbocycles. The Labute approximate surface area is 180 Å². The molecule has 0 aliphatic carbocycles. The number of nitrogens with zero attached hydrogens (tertiary/aromatic N) is 3. The number of ether oxygens (including phenoxy) is 1. The summed E-state index contributed by atoms with van der Waals surface area (Å²) >= 11 is 0. The third-order valence-electron chi connectivity index (χ3n) is 5.81. The van der Waals surface area contributed by atoms with Gasteiger partial charge in [-0.1, -0.05) is 36.4 Å². The van der Waals surface area contributed by atoms with Crippen molar-refractivity contribution in [2.45, 2.75) is 24.8 Å². The molecule has 1 saturated heterocycles. The monoisotopic (exact) mass is 484 g/mol. The average Bonchev–Trinajstić information content (AvgIpc) is 2.70. The summed E-state index contributed by atoms with van der Waals surface area (Å²) < 4.78 is 5.58. The Kier molecular flexibility index (Phi) is 8.57.